The first-order chi connectivity index (χ1) is 13.9. The third-order valence-corrected chi connectivity index (χ3v) is 4.90. The van der Waals surface area contributed by atoms with E-state index in [-0.39, 0.29) is 18.1 Å². The first-order valence-electron chi connectivity index (χ1n) is 9.18. The molecule has 0 spiro atoms. The van der Waals surface area contributed by atoms with Crippen LogP contribution < -0.4 is 14.8 Å². The van der Waals surface area contributed by atoms with E-state index >= 15 is 0 Å². The number of amides is 2. The normalized spacial score (nSPS) is 13.7. The van der Waals surface area contributed by atoms with Gasteiger partial charge in [-0.15, -0.1) is 6.58 Å². The number of methoxy groups -OCH3 is 2. The van der Waals surface area contributed by atoms with Crippen molar-refractivity contribution in [3.8, 4) is 11.5 Å². The summed E-state index contributed by atoms with van der Waals surface area (Å²) in [5, 5.41) is 3.11. The summed E-state index contributed by atoms with van der Waals surface area (Å²) in [6, 6.07) is 10.9. The lowest BCUT2D eigenvalue weighted by Crippen LogP contribution is -2.32. The van der Waals surface area contributed by atoms with Gasteiger partial charge in [-0.2, -0.15) is 0 Å². The molecule has 0 bridgehead atoms. The Morgan fingerprint density at radius 1 is 0.966 bits per heavy atom. The Balaban J connectivity index is 2.13. The van der Waals surface area contributed by atoms with Crippen LogP contribution in [0.3, 0.4) is 0 Å². The Labute approximate surface area is 170 Å². The topological polar surface area (TPSA) is 67.9 Å². The van der Waals surface area contributed by atoms with Gasteiger partial charge in [-0.25, -0.2) is 0 Å². The summed E-state index contributed by atoms with van der Waals surface area (Å²) in [6.45, 7) is 7.77. The number of rotatable bonds is 7. The van der Waals surface area contributed by atoms with Crippen LogP contribution in [0.5, 0.6) is 11.5 Å². The molecule has 6 heteroatoms. The minimum absolute atomic E-state index is 0.138. The van der Waals surface area contributed by atoms with E-state index in [9.17, 15) is 9.59 Å². The van der Waals surface area contributed by atoms with Gasteiger partial charge in [-0.1, -0.05) is 24.3 Å². The van der Waals surface area contributed by atoms with Crippen LogP contribution in [0.4, 0.5) is 5.69 Å². The maximum atomic E-state index is 13.1. The Bertz CT molecular complexity index is 1000. The number of benzene rings is 2. The minimum atomic E-state index is -0.398. The Kier molecular flexibility index (Phi) is 5.73. The van der Waals surface area contributed by atoms with Gasteiger partial charge in [0.05, 0.1) is 19.8 Å². The third kappa shape index (κ3) is 3.87. The fourth-order valence-corrected chi connectivity index (χ4v) is 3.18. The van der Waals surface area contributed by atoms with Gasteiger partial charge in [0.2, 0.25) is 0 Å². The maximum absolute atomic E-state index is 13.1. The number of nitrogens with one attached hydrogen (secondary N) is 1. The van der Waals surface area contributed by atoms with Crippen molar-refractivity contribution in [3.05, 3.63) is 71.4 Å². The van der Waals surface area contributed by atoms with Crippen molar-refractivity contribution in [3.63, 3.8) is 0 Å². The molecule has 0 fully saturated rings. The van der Waals surface area contributed by atoms with Crippen LogP contribution in [0.25, 0.3) is 5.57 Å². The van der Waals surface area contributed by atoms with Crippen LogP contribution in [0.2, 0.25) is 0 Å². The first-order valence-corrected chi connectivity index (χ1v) is 9.18. The fraction of sp³-hybridized carbons (Fsp3) is 0.217. The molecule has 2 amide bonds. The van der Waals surface area contributed by atoms with Gasteiger partial charge in [-0.05, 0) is 30.5 Å². The molecule has 2 aromatic rings. The summed E-state index contributed by atoms with van der Waals surface area (Å²) in [5.41, 5.74) is 3.98. The Morgan fingerprint density at radius 3 is 2.17 bits per heavy atom. The molecule has 1 aliphatic rings. The summed E-state index contributed by atoms with van der Waals surface area (Å²) < 4.78 is 10.6. The zero-order valence-corrected chi connectivity index (χ0v) is 17.0. The first kappa shape index (κ1) is 20.2. The van der Waals surface area contributed by atoms with Crippen LogP contribution in [0.15, 0.2) is 54.8 Å². The summed E-state index contributed by atoms with van der Waals surface area (Å²) in [7, 11) is 3.10. The SMILES string of the molecule is C=CCN1C(=O)C(Nc2cc(OC)cc(OC)c2)=C(c2ccc(C)c(C)c2)C1=O. The molecular formula is C23H24N2O4. The highest BCUT2D eigenvalue weighted by Gasteiger charge is 2.38. The molecule has 1 N–H and O–H groups in total. The van der Waals surface area contributed by atoms with Crippen molar-refractivity contribution in [2.24, 2.45) is 0 Å². The second-order valence-electron chi connectivity index (χ2n) is 6.78. The van der Waals surface area contributed by atoms with Crippen molar-refractivity contribution in [1.82, 2.24) is 4.90 Å². The molecule has 3 rings (SSSR count). The largest absolute Gasteiger partial charge is 0.497 e. The van der Waals surface area contributed by atoms with Gasteiger partial charge in [-0.3, -0.25) is 14.5 Å². The van der Waals surface area contributed by atoms with E-state index in [0.29, 0.717) is 28.3 Å². The number of carbonyl (C=O) groups excluding carboxylic acids is 2. The summed E-state index contributed by atoms with van der Waals surface area (Å²) in [5.74, 6) is 0.389. The summed E-state index contributed by atoms with van der Waals surface area (Å²) in [6.07, 6.45) is 1.53. The van der Waals surface area contributed by atoms with Gasteiger partial charge in [0.15, 0.2) is 0 Å². The Hall–Kier alpha value is -3.54. The molecule has 2 aromatic carbocycles. The van der Waals surface area contributed by atoms with Gasteiger partial charge in [0, 0.05) is 30.4 Å². The molecule has 6 nitrogen and oxygen atoms in total. The molecule has 150 valence electrons. The van der Waals surface area contributed by atoms with Crippen LogP contribution >= 0.6 is 0 Å². The number of hydrogen-bond acceptors (Lipinski definition) is 5. The monoisotopic (exact) mass is 392 g/mol. The van der Waals surface area contributed by atoms with E-state index < -0.39 is 5.91 Å². The van der Waals surface area contributed by atoms with Crippen molar-refractivity contribution in [2.45, 2.75) is 13.8 Å². The Morgan fingerprint density at radius 2 is 1.62 bits per heavy atom. The zero-order valence-electron chi connectivity index (χ0n) is 17.0. The molecule has 0 radical (unpaired) electrons. The summed E-state index contributed by atoms with van der Waals surface area (Å²) in [4.78, 5) is 27.3. The number of carbonyl (C=O) groups is 2. The highest BCUT2D eigenvalue weighted by Crippen LogP contribution is 2.33. The van der Waals surface area contributed by atoms with Crippen LogP contribution in [0.1, 0.15) is 16.7 Å². The molecule has 1 aliphatic heterocycles. The van der Waals surface area contributed by atoms with Crippen LogP contribution in [-0.2, 0) is 9.59 Å². The molecule has 1 heterocycles. The molecule has 0 unspecified atom stereocenters. The third-order valence-electron chi connectivity index (χ3n) is 4.90. The van der Waals surface area contributed by atoms with Crippen molar-refractivity contribution in [1.29, 1.82) is 0 Å². The lowest BCUT2D eigenvalue weighted by Gasteiger charge is -2.13. The lowest BCUT2D eigenvalue weighted by atomic mass is 9.99. The van der Waals surface area contributed by atoms with Crippen molar-refractivity contribution < 1.29 is 19.1 Å². The zero-order chi connectivity index (χ0) is 21.1. The standard InChI is InChI=1S/C23H24N2O4/c1-6-9-25-22(26)20(16-8-7-14(2)15(3)10-16)21(23(25)27)24-17-11-18(28-4)13-19(12-17)29-5/h6-8,10-13,24H,1,9H2,2-5H3. The number of anilines is 1. The maximum Gasteiger partial charge on any atom is 0.278 e. The molecule has 0 aliphatic carbocycles. The van der Waals surface area contributed by atoms with E-state index in [1.807, 2.05) is 32.0 Å². The predicted molar refractivity (Wildman–Crippen MR) is 113 cm³/mol. The van der Waals surface area contributed by atoms with E-state index in [1.165, 1.54) is 11.0 Å². The quantitative estimate of drug-likeness (QED) is 0.575. The number of hydrogen-bond donors (Lipinski definition) is 1. The molecule has 0 atom stereocenters. The highest BCUT2D eigenvalue weighted by molar-refractivity contribution is 6.36. The van der Waals surface area contributed by atoms with E-state index in [2.05, 4.69) is 11.9 Å². The highest BCUT2D eigenvalue weighted by atomic mass is 16.5. The van der Waals surface area contributed by atoms with Crippen LogP contribution in [0, 0.1) is 13.8 Å². The average molecular weight is 392 g/mol. The van der Waals surface area contributed by atoms with Crippen LogP contribution in [-0.4, -0.2) is 37.5 Å². The molecule has 0 saturated carbocycles. The molecule has 0 aromatic heterocycles. The molecular weight excluding hydrogens is 368 g/mol. The van der Waals surface area contributed by atoms with Crippen molar-refractivity contribution >= 4 is 23.1 Å². The fourth-order valence-electron chi connectivity index (χ4n) is 3.18. The molecule has 29 heavy (non-hydrogen) atoms. The van der Waals surface area contributed by atoms with Gasteiger partial charge >= 0.3 is 0 Å². The van der Waals surface area contributed by atoms with E-state index in [4.69, 9.17) is 9.47 Å². The van der Waals surface area contributed by atoms with E-state index in [0.717, 1.165) is 11.1 Å². The number of nitrogens with zero attached hydrogens (tertiary/aromatic N) is 1. The number of ether oxygens (including phenoxy) is 2. The lowest BCUT2D eigenvalue weighted by molar-refractivity contribution is -0.136. The van der Waals surface area contributed by atoms with Gasteiger partial charge < -0.3 is 14.8 Å². The summed E-state index contributed by atoms with van der Waals surface area (Å²) >= 11 is 0. The number of imide groups is 1. The van der Waals surface area contributed by atoms with Crippen molar-refractivity contribution in [2.75, 3.05) is 26.1 Å². The van der Waals surface area contributed by atoms with Gasteiger partial charge in [0.25, 0.3) is 11.8 Å². The second kappa shape index (κ2) is 8.22. The predicted octanol–water partition coefficient (Wildman–Crippen LogP) is 3.70. The smallest absolute Gasteiger partial charge is 0.278 e. The van der Waals surface area contributed by atoms with Gasteiger partial charge in [0.1, 0.15) is 17.2 Å². The average Bonchev–Trinajstić information content (AvgIpc) is 2.94. The number of aryl methyl sites for hydroxylation is 2. The van der Waals surface area contributed by atoms with E-state index in [1.54, 1.807) is 32.4 Å². The molecule has 0 saturated heterocycles. The second-order valence-corrected chi connectivity index (χ2v) is 6.78. The minimum Gasteiger partial charge on any atom is -0.497 e.